The van der Waals surface area contributed by atoms with Crippen LogP contribution >= 0.6 is 0 Å². The molecule has 0 bridgehead atoms. The summed E-state index contributed by atoms with van der Waals surface area (Å²) in [6, 6.07) is 19.1. The second-order valence-corrected chi connectivity index (χ2v) is 4.45. The van der Waals surface area contributed by atoms with Crippen LogP contribution in [0.1, 0.15) is 16.7 Å². The molecule has 0 N–H and O–H groups in total. The van der Waals surface area contributed by atoms with Crippen LogP contribution in [0.4, 0.5) is 6.18 Å². The molecule has 0 amide bonds. The summed E-state index contributed by atoms with van der Waals surface area (Å²) in [6.45, 7) is 0. The predicted molar refractivity (Wildman–Crippen MR) is 70.2 cm³/mol. The summed E-state index contributed by atoms with van der Waals surface area (Å²) in [5.74, 6) is 0. The zero-order valence-corrected chi connectivity index (χ0v) is 11.9. The molecule has 2 aromatic carbocycles. The third-order valence-corrected chi connectivity index (χ3v) is 2.93. The summed E-state index contributed by atoms with van der Waals surface area (Å²) in [6.07, 6.45) is 5.58. The van der Waals surface area contributed by atoms with E-state index in [2.05, 4.69) is 67.1 Å². The zero-order chi connectivity index (χ0) is 13.5. The van der Waals surface area contributed by atoms with Gasteiger partial charge in [-0.1, -0.05) is 66.2 Å². The monoisotopic (exact) mass is 291 g/mol. The number of rotatable bonds is 2. The summed E-state index contributed by atoms with van der Waals surface area (Å²) >= 11 is -2.50. The van der Waals surface area contributed by atoms with Gasteiger partial charge in [-0.15, -0.1) is 0 Å². The van der Waals surface area contributed by atoms with Crippen LogP contribution in [0.3, 0.4) is 0 Å². The standard InChI is InChI=1S/C16H13.2FH.Ti/c1-2-6-13(7-3-1)10-14-11-15-8-4-5-9-16(15)12-14;;;/h1-9,11-12H,10H2;2*1H;/q;;;+2/p-2. The molecule has 95 valence electrons. The molecular formula is C16H13F2Ti. The first-order valence-corrected chi connectivity index (χ1v) is 7.16. The van der Waals surface area contributed by atoms with Crippen molar-refractivity contribution >= 4 is 6.08 Å². The fraction of sp³-hybridized carbons (Fsp3) is 0.0625. The summed E-state index contributed by atoms with van der Waals surface area (Å²) in [5, 5.41) is 0. The van der Waals surface area contributed by atoms with E-state index in [0.717, 1.165) is 6.42 Å². The molecular weight excluding hydrogens is 278 g/mol. The summed E-state index contributed by atoms with van der Waals surface area (Å²) in [7, 11) is 0. The number of allylic oxidation sites excluding steroid dienone is 1. The van der Waals surface area contributed by atoms with Gasteiger partial charge in [0.15, 0.2) is 0 Å². The molecule has 0 aliphatic heterocycles. The molecule has 1 aliphatic rings. The van der Waals surface area contributed by atoms with Crippen LogP contribution in [-0.4, -0.2) is 0 Å². The van der Waals surface area contributed by atoms with Crippen LogP contribution in [0.5, 0.6) is 0 Å². The summed E-state index contributed by atoms with van der Waals surface area (Å²) in [4.78, 5) is 0. The molecule has 1 radical (unpaired) electrons. The van der Waals surface area contributed by atoms with Crippen molar-refractivity contribution in [1.29, 1.82) is 0 Å². The van der Waals surface area contributed by atoms with Gasteiger partial charge >= 0.3 is 26.4 Å². The first-order valence-electron chi connectivity index (χ1n) is 5.98. The van der Waals surface area contributed by atoms with Crippen LogP contribution in [0.25, 0.3) is 6.08 Å². The maximum atomic E-state index is 9.75. The van der Waals surface area contributed by atoms with Crippen molar-refractivity contribution in [2.45, 2.75) is 6.42 Å². The Morgan fingerprint density at radius 2 is 1.37 bits per heavy atom. The predicted octanol–water partition coefficient (Wildman–Crippen LogP) is 4.72. The second kappa shape index (κ2) is 7.37. The fourth-order valence-electron chi connectivity index (χ4n) is 2.15. The van der Waals surface area contributed by atoms with Gasteiger partial charge in [-0.3, -0.25) is 0 Å². The van der Waals surface area contributed by atoms with Gasteiger partial charge in [0.25, 0.3) is 0 Å². The summed E-state index contributed by atoms with van der Waals surface area (Å²) in [5.41, 5.74) is 5.45. The van der Waals surface area contributed by atoms with Crippen molar-refractivity contribution in [3.05, 3.63) is 83.3 Å². The average Bonchev–Trinajstić information content (AvgIpc) is 2.83. The number of fused-ring (bicyclic) bond motifs is 1. The summed E-state index contributed by atoms with van der Waals surface area (Å²) < 4.78 is 19.5. The minimum absolute atomic E-state index is 1.02. The molecule has 2 aromatic rings. The molecule has 0 aromatic heterocycles. The van der Waals surface area contributed by atoms with E-state index in [1.807, 2.05) is 0 Å². The van der Waals surface area contributed by atoms with E-state index in [1.165, 1.54) is 22.3 Å². The van der Waals surface area contributed by atoms with Crippen molar-refractivity contribution < 1.29 is 26.4 Å². The molecule has 0 unspecified atom stereocenters. The van der Waals surface area contributed by atoms with Crippen LogP contribution in [0.15, 0.2) is 60.2 Å². The van der Waals surface area contributed by atoms with E-state index in [0.29, 0.717) is 0 Å². The molecule has 0 fully saturated rings. The Morgan fingerprint density at radius 3 is 2.00 bits per heavy atom. The third kappa shape index (κ3) is 4.12. The Bertz CT molecular complexity index is 550. The normalized spacial score (nSPS) is 12.0. The van der Waals surface area contributed by atoms with Gasteiger partial charge in [0.1, 0.15) is 0 Å². The van der Waals surface area contributed by atoms with Gasteiger partial charge in [-0.25, -0.2) is 0 Å². The van der Waals surface area contributed by atoms with E-state index >= 15 is 0 Å². The number of hydrogen-bond donors (Lipinski definition) is 0. The molecule has 19 heavy (non-hydrogen) atoms. The Morgan fingerprint density at radius 1 is 0.789 bits per heavy atom. The van der Waals surface area contributed by atoms with Crippen molar-refractivity contribution in [3.8, 4) is 0 Å². The first kappa shape index (κ1) is 14.2. The second-order valence-electron chi connectivity index (χ2n) is 4.23. The van der Waals surface area contributed by atoms with E-state index in [-0.39, 0.29) is 0 Å². The molecule has 0 nitrogen and oxygen atoms in total. The average molecular weight is 291 g/mol. The van der Waals surface area contributed by atoms with Crippen molar-refractivity contribution in [2.75, 3.05) is 0 Å². The molecule has 0 spiro atoms. The SMILES string of the molecule is [CH]1C(Cc2ccccc2)=Cc2ccccc21.[F][Ti][F]. The van der Waals surface area contributed by atoms with Gasteiger partial charge in [0.05, 0.1) is 0 Å². The van der Waals surface area contributed by atoms with E-state index in [1.54, 1.807) is 0 Å². The van der Waals surface area contributed by atoms with E-state index in [9.17, 15) is 6.18 Å². The molecule has 3 heteroatoms. The Labute approximate surface area is 122 Å². The van der Waals surface area contributed by atoms with Gasteiger partial charge < -0.3 is 0 Å². The van der Waals surface area contributed by atoms with Gasteiger partial charge in [-0.05, 0) is 23.1 Å². The van der Waals surface area contributed by atoms with Gasteiger partial charge in [0, 0.05) is 6.42 Å². The van der Waals surface area contributed by atoms with Crippen molar-refractivity contribution in [1.82, 2.24) is 0 Å². The maximum absolute atomic E-state index is 9.75. The zero-order valence-electron chi connectivity index (χ0n) is 10.3. The van der Waals surface area contributed by atoms with Crippen LogP contribution in [0.2, 0.25) is 0 Å². The molecule has 0 saturated carbocycles. The van der Waals surface area contributed by atoms with Gasteiger partial charge in [0.2, 0.25) is 0 Å². The topological polar surface area (TPSA) is 0 Å². The molecule has 1 aliphatic carbocycles. The van der Waals surface area contributed by atoms with Crippen molar-refractivity contribution in [2.24, 2.45) is 0 Å². The number of hydrogen-bond acceptors (Lipinski definition) is 0. The molecule has 3 rings (SSSR count). The fourth-order valence-corrected chi connectivity index (χ4v) is 2.15. The van der Waals surface area contributed by atoms with Crippen LogP contribution in [-0.2, 0) is 26.6 Å². The van der Waals surface area contributed by atoms with Crippen LogP contribution < -0.4 is 0 Å². The Kier molecular flexibility index (Phi) is 5.50. The minimum atomic E-state index is -2.50. The quantitative estimate of drug-likeness (QED) is 0.702. The molecule has 0 heterocycles. The Hall–Kier alpha value is -1.25. The van der Waals surface area contributed by atoms with E-state index in [4.69, 9.17) is 0 Å². The molecule has 0 atom stereocenters. The number of benzene rings is 2. The first-order chi connectivity index (χ1) is 9.33. The Balaban J connectivity index is 0.000000408. The number of halogens is 2. The van der Waals surface area contributed by atoms with Crippen molar-refractivity contribution in [3.63, 3.8) is 0 Å². The third-order valence-electron chi connectivity index (χ3n) is 2.93. The molecule has 0 saturated heterocycles. The van der Waals surface area contributed by atoms with E-state index < -0.39 is 20.2 Å². The van der Waals surface area contributed by atoms with Crippen LogP contribution in [0, 0.1) is 6.42 Å². The van der Waals surface area contributed by atoms with Gasteiger partial charge in [-0.2, -0.15) is 0 Å².